The molecule has 0 aromatic heterocycles. The molecule has 150 valence electrons. The molecule has 1 aliphatic carbocycles. The number of aliphatic hydroxyl groups excluding tert-OH is 2. The molecule has 1 saturated carbocycles. The van der Waals surface area contributed by atoms with E-state index in [1.807, 2.05) is 0 Å². The maximum absolute atomic E-state index is 12.0. The molecule has 0 aliphatic heterocycles. The Labute approximate surface area is 155 Å². The van der Waals surface area contributed by atoms with E-state index in [0.29, 0.717) is 57.8 Å². The molecule has 2 N–H and O–H groups in total. The first-order chi connectivity index (χ1) is 12.5. The molecule has 0 spiro atoms. The van der Waals surface area contributed by atoms with Crippen molar-refractivity contribution in [3.05, 3.63) is 4.91 Å². The van der Waals surface area contributed by atoms with Crippen molar-refractivity contribution in [3.63, 3.8) is 0 Å². The Bertz CT molecular complexity index is 428. The number of hydrogen-bond donors (Lipinski definition) is 2. The Kier molecular flexibility index (Phi) is 12.1. The van der Waals surface area contributed by atoms with Gasteiger partial charge < -0.3 is 15.1 Å². The normalized spacial score (nSPS) is 21.8. The van der Waals surface area contributed by atoms with Crippen molar-refractivity contribution in [2.45, 2.75) is 95.7 Å². The number of Topliss-reactive ketones (excluding diaryl/α,β-unsaturated/α-hetero) is 2. The Morgan fingerprint density at radius 1 is 0.962 bits per heavy atom. The van der Waals surface area contributed by atoms with Crippen LogP contribution in [0.15, 0.2) is 5.34 Å². The van der Waals surface area contributed by atoms with Gasteiger partial charge in [0.2, 0.25) is 0 Å². The van der Waals surface area contributed by atoms with Crippen molar-refractivity contribution in [1.82, 2.24) is 0 Å². The van der Waals surface area contributed by atoms with E-state index in [-0.39, 0.29) is 24.1 Å². The quantitative estimate of drug-likeness (QED) is 0.327. The van der Waals surface area contributed by atoms with E-state index in [9.17, 15) is 24.7 Å². The molecule has 1 fully saturated rings. The molecule has 7 nitrogen and oxygen atoms in total. The molecular weight excluding hydrogens is 338 g/mol. The van der Waals surface area contributed by atoms with Gasteiger partial charge in [-0.3, -0.25) is 9.59 Å². The molecule has 0 aromatic rings. The standard InChI is InChI=1S/C19H33NO6/c21-16-4-1-2-5-19(24)14-15(7-9-16)8-10-18(23)12-11-17(22)6-3-13-26-20-25/h15,17-18,22-23H,1-14H2. The lowest BCUT2D eigenvalue weighted by atomic mass is 9.87. The first-order valence-electron chi connectivity index (χ1n) is 9.85. The van der Waals surface area contributed by atoms with E-state index in [1.165, 1.54) is 0 Å². The van der Waals surface area contributed by atoms with Gasteiger partial charge in [-0.05, 0) is 63.7 Å². The highest BCUT2D eigenvalue weighted by Crippen LogP contribution is 2.24. The lowest BCUT2D eigenvalue weighted by molar-refractivity contribution is -0.123. The summed E-state index contributed by atoms with van der Waals surface area (Å²) >= 11 is 0. The van der Waals surface area contributed by atoms with Gasteiger partial charge in [-0.1, -0.05) is 0 Å². The van der Waals surface area contributed by atoms with Gasteiger partial charge >= 0.3 is 0 Å². The lowest BCUT2D eigenvalue weighted by Crippen LogP contribution is -2.17. The molecule has 0 amide bonds. The summed E-state index contributed by atoms with van der Waals surface area (Å²) in [7, 11) is 0. The summed E-state index contributed by atoms with van der Waals surface area (Å²) < 4.78 is 0. The van der Waals surface area contributed by atoms with Crippen LogP contribution in [0.25, 0.3) is 0 Å². The van der Waals surface area contributed by atoms with E-state index in [1.54, 1.807) is 0 Å². The van der Waals surface area contributed by atoms with E-state index < -0.39 is 12.2 Å². The zero-order chi connectivity index (χ0) is 19.2. The molecule has 0 radical (unpaired) electrons. The molecule has 0 saturated heterocycles. The highest BCUT2D eigenvalue weighted by molar-refractivity contribution is 5.80. The molecule has 0 heterocycles. The van der Waals surface area contributed by atoms with Gasteiger partial charge in [-0.2, -0.15) is 0 Å². The summed E-state index contributed by atoms with van der Waals surface area (Å²) in [5, 5.41) is 22.3. The largest absolute Gasteiger partial charge is 0.393 e. The summed E-state index contributed by atoms with van der Waals surface area (Å²) in [6, 6.07) is 0. The van der Waals surface area contributed by atoms with Crippen LogP contribution in [-0.2, 0) is 14.4 Å². The lowest BCUT2D eigenvalue weighted by Gasteiger charge is -2.20. The fraction of sp³-hybridized carbons (Fsp3) is 0.895. The molecular formula is C19H33NO6. The van der Waals surface area contributed by atoms with Crippen LogP contribution in [0.2, 0.25) is 0 Å². The van der Waals surface area contributed by atoms with Crippen LogP contribution in [0.4, 0.5) is 0 Å². The Hall–Kier alpha value is -1.34. The third-order valence-electron chi connectivity index (χ3n) is 5.08. The second-order valence-corrected chi connectivity index (χ2v) is 7.41. The number of hydrogen-bond acceptors (Lipinski definition) is 7. The molecule has 0 bridgehead atoms. The maximum atomic E-state index is 12.0. The Morgan fingerprint density at radius 3 is 2.31 bits per heavy atom. The average molecular weight is 371 g/mol. The molecule has 3 atom stereocenters. The smallest absolute Gasteiger partial charge is 0.155 e. The molecule has 3 unspecified atom stereocenters. The monoisotopic (exact) mass is 371 g/mol. The third kappa shape index (κ3) is 11.3. The van der Waals surface area contributed by atoms with Crippen LogP contribution >= 0.6 is 0 Å². The van der Waals surface area contributed by atoms with Gasteiger partial charge in [0.25, 0.3) is 0 Å². The third-order valence-corrected chi connectivity index (χ3v) is 5.08. The van der Waals surface area contributed by atoms with Gasteiger partial charge in [0, 0.05) is 25.7 Å². The second-order valence-electron chi connectivity index (χ2n) is 7.41. The van der Waals surface area contributed by atoms with Gasteiger partial charge in [-0.15, -0.1) is 4.91 Å². The minimum absolute atomic E-state index is 0.164. The molecule has 1 rings (SSSR count). The van der Waals surface area contributed by atoms with Crippen molar-refractivity contribution in [1.29, 1.82) is 0 Å². The van der Waals surface area contributed by atoms with Crippen molar-refractivity contribution in [3.8, 4) is 0 Å². The number of rotatable bonds is 11. The Balaban J connectivity index is 2.25. The fourth-order valence-electron chi connectivity index (χ4n) is 3.43. The summed E-state index contributed by atoms with van der Waals surface area (Å²) in [6.45, 7) is 0.192. The first-order valence-corrected chi connectivity index (χ1v) is 9.85. The number of nitrogens with zero attached hydrogens (tertiary/aromatic N) is 1. The number of carbonyl (C=O) groups is 2. The zero-order valence-corrected chi connectivity index (χ0v) is 15.6. The second kappa shape index (κ2) is 13.8. The van der Waals surface area contributed by atoms with Gasteiger partial charge in [0.05, 0.1) is 12.2 Å². The summed E-state index contributed by atoms with van der Waals surface area (Å²) in [5.41, 5.74) is 0. The van der Waals surface area contributed by atoms with E-state index >= 15 is 0 Å². The minimum atomic E-state index is -0.534. The predicted molar refractivity (Wildman–Crippen MR) is 97.3 cm³/mol. The zero-order valence-electron chi connectivity index (χ0n) is 15.6. The Morgan fingerprint density at radius 2 is 1.62 bits per heavy atom. The van der Waals surface area contributed by atoms with Crippen molar-refractivity contribution in [2.75, 3.05) is 6.61 Å². The van der Waals surface area contributed by atoms with Crippen LogP contribution in [0, 0.1) is 10.8 Å². The van der Waals surface area contributed by atoms with Gasteiger partial charge in [0.15, 0.2) is 5.34 Å². The highest BCUT2D eigenvalue weighted by Gasteiger charge is 2.19. The van der Waals surface area contributed by atoms with Crippen molar-refractivity contribution >= 4 is 11.6 Å². The van der Waals surface area contributed by atoms with Gasteiger partial charge in [0.1, 0.15) is 18.2 Å². The number of carbonyl (C=O) groups excluding carboxylic acids is 2. The molecule has 1 aliphatic rings. The van der Waals surface area contributed by atoms with E-state index in [0.717, 1.165) is 25.7 Å². The molecule has 26 heavy (non-hydrogen) atoms. The number of aliphatic hydroxyl groups is 2. The van der Waals surface area contributed by atoms with Crippen LogP contribution < -0.4 is 0 Å². The summed E-state index contributed by atoms with van der Waals surface area (Å²) in [4.78, 5) is 37.9. The summed E-state index contributed by atoms with van der Waals surface area (Å²) in [5.74, 6) is 0.709. The highest BCUT2D eigenvalue weighted by atomic mass is 16.7. The van der Waals surface area contributed by atoms with E-state index in [4.69, 9.17) is 0 Å². The van der Waals surface area contributed by atoms with Crippen LogP contribution in [0.5, 0.6) is 0 Å². The summed E-state index contributed by atoms with van der Waals surface area (Å²) in [6.07, 6.45) is 6.80. The van der Waals surface area contributed by atoms with Crippen molar-refractivity contribution in [2.24, 2.45) is 11.3 Å². The maximum Gasteiger partial charge on any atom is 0.155 e. The van der Waals surface area contributed by atoms with Crippen LogP contribution in [0.1, 0.15) is 83.5 Å². The average Bonchev–Trinajstić information content (AvgIpc) is 2.62. The fourth-order valence-corrected chi connectivity index (χ4v) is 3.43. The van der Waals surface area contributed by atoms with Crippen LogP contribution in [-0.4, -0.2) is 40.6 Å². The first kappa shape index (κ1) is 22.7. The molecule has 0 aromatic carbocycles. The van der Waals surface area contributed by atoms with Gasteiger partial charge in [-0.25, -0.2) is 0 Å². The molecule has 7 heteroatoms. The SMILES string of the molecule is O=NOCCCC(O)CCC(O)CCC1CCC(=O)CCCCC(=O)C1. The van der Waals surface area contributed by atoms with Crippen LogP contribution in [0.3, 0.4) is 0 Å². The predicted octanol–water partition coefficient (Wildman–Crippen LogP) is 3.25. The topological polar surface area (TPSA) is 113 Å². The van der Waals surface area contributed by atoms with E-state index in [2.05, 4.69) is 10.2 Å². The minimum Gasteiger partial charge on any atom is -0.393 e. The number of ketones is 2. The van der Waals surface area contributed by atoms with Crippen molar-refractivity contribution < 1.29 is 24.6 Å².